The average molecular weight is 251 g/mol. The first-order valence-electron chi connectivity index (χ1n) is 5.70. The van der Waals surface area contributed by atoms with E-state index >= 15 is 0 Å². The Kier molecular flexibility index (Phi) is 3.58. The lowest BCUT2D eigenvalue weighted by Gasteiger charge is -2.16. The lowest BCUT2D eigenvalue weighted by molar-refractivity contribution is -0.138. The van der Waals surface area contributed by atoms with Crippen LogP contribution in [-0.2, 0) is 4.79 Å². The second kappa shape index (κ2) is 4.81. The van der Waals surface area contributed by atoms with Crippen LogP contribution < -0.4 is 10.6 Å². The summed E-state index contributed by atoms with van der Waals surface area (Å²) in [7, 11) is 0. The number of hydrogen-bond donors (Lipinski definition) is 2. The van der Waals surface area contributed by atoms with Gasteiger partial charge in [-0.25, -0.2) is 0 Å². The van der Waals surface area contributed by atoms with Gasteiger partial charge in [0.1, 0.15) is 6.54 Å². The Bertz CT molecular complexity index is 283. The molecule has 0 bridgehead atoms. The third kappa shape index (κ3) is 3.57. The SMILES string of the molecule is O=C(CN1C[C@H]2CNC[C@H]2C1)NCC(F)(F)F. The number of alkyl halides is 3. The second-order valence-corrected chi connectivity index (χ2v) is 4.76. The molecule has 98 valence electrons. The molecule has 0 spiro atoms. The van der Waals surface area contributed by atoms with E-state index in [4.69, 9.17) is 0 Å². The normalized spacial score (nSPS) is 29.4. The van der Waals surface area contributed by atoms with Crippen LogP contribution in [0.5, 0.6) is 0 Å². The summed E-state index contributed by atoms with van der Waals surface area (Å²) >= 11 is 0. The van der Waals surface area contributed by atoms with E-state index in [9.17, 15) is 18.0 Å². The van der Waals surface area contributed by atoms with Crippen molar-refractivity contribution in [3.8, 4) is 0 Å². The van der Waals surface area contributed by atoms with Crippen molar-refractivity contribution in [1.82, 2.24) is 15.5 Å². The van der Waals surface area contributed by atoms with E-state index in [1.54, 1.807) is 0 Å². The smallest absolute Gasteiger partial charge is 0.346 e. The van der Waals surface area contributed by atoms with Gasteiger partial charge in [-0.1, -0.05) is 0 Å². The summed E-state index contributed by atoms with van der Waals surface area (Å²) in [6, 6.07) is 0. The summed E-state index contributed by atoms with van der Waals surface area (Å²) in [6.07, 6.45) is -4.33. The van der Waals surface area contributed by atoms with Crippen LogP contribution in [0.2, 0.25) is 0 Å². The van der Waals surface area contributed by atoms with Gasteiger partial charge in [0.15, 0.2) is 0 Å². The Hall–Kier alpha value is -0.820. The molecule has 17 heavy (non-hydrogen) atoms. The van der Waals surface area contributed by atoms with E-state index < -0.39 is 18.6 Å². The van der Waals surface area contributed by atoms with Crippen LogP contribution in [0.15, 0.2) is 0 Å². The molecule has 0 aliphatic carbocycles. The highest BCUT2D eigenvalue weighted by Crippen LogP contribution is 2.25. The van der Waals surface area contributed by atoms with Gasteiger partial charge in [-0.3, -0.25) is 9.69 Å². The summed E-state index contributed by atoms with van der Waals surface area (Å²) in [6.45, 7) is 2.34. The van der Waals surface area contributed by atoms with Gasteiger partial charge in [0.05, 0.1) is 6.54 Å². The maximum Gasteiger partial charge on any atom is 0.405 e. The highest BCUT2D eigenvalue weighted by atomic mass is 19.4. The summed E-state index contributed by atoms with van der Waals surface area (Å²) in [5.74, 6) is 0.547. The van der Waals surface area contributed by atoms with E-state index in [1.807, 2.05) is 10.2 Å². The predicted octanol–water partition coefficient (Wildman–Crippen LogP) is -0.184. The first-order valence-corrected chi connectivity index (χ1v) is 5.70. The summed E-state index contributed by atoms with van der Waals surface area (Å²) in [5, 5.41) is 5.16. The molecule has 0 radical (unpaired) electrons. The van der Waals surface area contributed by atoms with Crippen LogP contribution in [0.25, 0.3) is 0 Å². The van der Waals surface area contributed by atoms with Gasteiger partial charge in [-0.15, -0.1) is 0 Å². The van der Waals surface area contributed by atoms with E-state index in [0.717, 1.165) is 26.2 Å². The molecule has 0 saturated carbocycles. The summed E-state index contributed by atoms with van der Waals surface area (Å²) in [5.41, 5.74) is 0. The number of amides is 1. The van der Waals surface area contributed by atoms with E-state index in [2.05, 4.69) is 5.32 Å². The van der Waals surface area contributed by atoms with Crippen molar-refractivity contribution in [2.75, 3.05) is 39.3 Å². The number of hydrogen-bond acceptors (Lipinski definition) is 3. The molecule has 0 aromatic heterocycles. The Morgan fingerprint density at radius 2 is 1.88 bits per heavy atom. The van der Waals surface area contributed by atoms with Crippen molar-refractivity contribution >= 4 is 5.91 Å². The first-order chi connectivity index (χ1) is 7.94. The lowest BCUT2D eigenvalue weighted by atomic mass is 10.0. The van der Waals surface area contributed by atoms with Crippen molar-refractivity contribution in [1.29, 1.82) is 0 Å². The van der Waals surface area contributed by atoms with Crippen LogP contribution in [-0.4, -0.2) is 56.3 Å². The molecule has 1 amide bonds. The Morgan fingerprint density at radius 1 is 1.29 bits per heavy atom. The van der Waals surface area contributed by atoms with E-state index in [-0.39, 0.29) is 6.54 Å². The third-order valence-electron chi connectivity index (χ3n) is 3.32. The molecule has 2 fully saturated rings. The number of nitrogens with zero attached hydrogens (tertiary/aromatic N) is 1. The zero-order valence-electron chi connectivity index (χ0n) is 9.39. The Morgan fingerprint density at radius 3 is 2.41 bits per heavy atom. The second-order valence-electron chi connectivity index (χ2n) is 4.76. The monoisotopic (exact) mass is 251 g/mol. The summed E-state index contributed by atoms with van der Waals surface area (Å²) < 4.78 is 35.6. The molecule has 4 nitrogen and oxygen atoms in total. The van der Waals surface area contributed by atoms with Gasteiger partial charge in [0.2, 0.25) is 5.91 Å². The molecule has 7 heteroatoms. The molecule has 2 aliphatic rings. The van der Waals surface area contributed by atoms with Gasteiger partial charge < -0.3 is 10.6 Å². The topological polar surface area (TPSA) is 44.4 Å². The van der Waals surface area contributed by atoms with Crippen LogP contribution in [0, 0.1) is 11.8 Å². The fourth-order valence-electron chi connectivity index (χ4n) is 2.54. The summed E-state index contributed by atoms with van der Waals surface area (Å²) in [4.78, 5) is 13.2. The number of carbonyl (C=O) groups excluding carboxylic acids is 1. The Labute approximate surface area is 97.5 Å². The van der Waals surface area contributed by atoms with Crippen LogP contribution >= 0.6 is 0 Å². The number of fused-ring (bicyclic) bond motifs is 1. The maximum absolute atomic E-state index is 11.9. The van der Waals surface area contributed by atoms with E-state index in [1.165, 1.54) is 0 Å². The van der Waals surface area contributed by atoms with Crippen LogP contribution in [0.3, 0.4) is 0 Å². The standard InChI is InChI=1S/C10H16F3N3O/c11-10(12,13)6-15-9(17)5-16-3-7-1-14-2-8(7)4-16/h7-8,14H,1-6H2,(H,15,17)/t7-,8+. The minimum absolute atomic E-state index is 0.0725. The molecule has 2 saturated heterocycles. The van der Waals surface area contributed by atoms with Crippen molar-refractivity contribution in [3.63, 3.8) is 0 Å². The van der Waals surface area contributed by atoms with Crippen molar-refractivity contribution < 1.29 is 18.0 Å². The van der Waals surface area contributed by atoms with Crippen LogP contribution in [0.4, 0.5) is 13.2 Å². The number of halogens is 3. The lowest BCUT2D eigenvalue weighted by Crippen LogP contribution is -2.41. The van der Waals surface area contributed by atoms with Gasteiger partial charge in [-0.2, -0.15) is 13.2 Å². The van der Waals surface area contributed by atoms with Gasteiger partial charge in [0.25, 0.3) is 0 Å². The molecule has 0 aromatic carbocycles. The third-order valence-corrected chi connectivity index (χ3v) is 3.32. The highest BCUT2D eigenvalue weighted by Gasteiger charge is 2.36. The molecule has 2 heterocycles. The molecule has 0 aromatic rings. The first kappa shape index (κ1) is 12.6. The predicted molar refractivity (Wildman–Crippen MR) is 55.4 cm³/mol. The molecule has 0 unspecified atom stereocenters. The number of rotatable bonds is 3. The average Bonchev–Trinajstić information content (AvgIpc) is 2.73. The van der Waals surface area contributed by atoms with Crippen molar-refractivity contribution in [3.05, 3.63) is 0 Å². The zero-order valence-corrected chi connectivity index (χ0v) is 9.39. The number of nitrogens with one attached hydrogen (secondary N) is 2. The van der Waals surface area contributed by atoms with E-state index in [0.29, 0.717) is 11.8 Å². The molecular formula is C10H16F3N3O. The highest BCUT2D eigenvalue weighted by molar-refractivity contribution is 5.78. The molecule has 2 N–H and O–H groups in total. The molecular weight excluding hydrogens is 235 g/mol. The maximum atomic E-state index is 11.9. The quantitative estimate of drug-likeness (QED) is 0.731. The molecule has 2 aliphatic heterocycles. The van der Waals surface area contributed by atoms with Gasteiger partial charge in [-0.05, 0) is 24.9 Å². The Balaban J connectivity index is 1.69. The zero-order chi connectivity index (χ0) is 12.5. The van der Waals surface area contributed by atoms with Crippen molar-refractivity contribution in [2.24, 2.45) is 11.8 Å². The van der Waals surface area contributed by atoms with Crippen LogP contribution in [0.1, 0.15) is 0 Å². The largest absolute Gasteiger partial charge is 0.405 e. The fraction of sp³-hybridized carbons (Fsp3) is 0.900. The fourth-order valence-corrected chi connectivity index (χ4v) is 2.54. The minimum Gasteiger partial charge on any atom is -0.346 e. The van der Waals surface area contributed by atoms with Gasteiger partial charge >= 0.3 is 6.18 Å². The molecule has 2 rings (SSSR count). The van der Waals surface area contributed by atoms with Crippen molar-refractivity contribution in [2.45, 2.75) is 6.18 Å². The number of carbonyl (C=O) groups is 1. The van der Waals surface area contributed by atoms with Gasteiger partial charge in [0, 0.05) is 13.1 Å². The number of likely N-dealkylation sites (tertiary alicyclic amines) is 1. The minimum atomic E-state index is -4.33. The molecule has 2 atom stereocenters.